The summed E-state index contributed by atoms with van der Waals surface area (Å²) in [5.74, 6) is 1.65. The molecule has 0 aromatic rings. The molecule has 18 heavy (non-hydrogen) atoms. The maximum Gasteiger partial charge on any atom is 0.0492 e. The van der Waals surface area contributed by atoms with Crippen LogP contribution in [0.1, 0.15) is 68.2 Å². The zero-order chi connectivity index (χ0) is 14.8. The zero-order valence-electron chi connectivity index (χ0n) is 14.2. The van der Waals surface area contributed by atoms with Crippen LogP contribution in [-0.4, -0.2) is 26.4 Å². The van der Waals surface area contributed by atoms with Crippen LogP contribution in [0.15, 0.2) is 0 Å². The Morgan fingerprint density at radius 2 is 0.889 bits per heavy atom. The molecule has 0 bridgehead atoms. The van der Waals surface area contributed by atoms with E-state index in [0.717, 1.165) is 38.3 Å². The van der Waals surface area contributed by atoms with Gasteiger partial charge in [-0.25, -0.2) is 0 Å². The second-order valence-electron chi connectivity index (χ2n) is 3.94. The minimum absolute atomic E-state index is 0.824. The fourth-order valence-corrected chi connectivity index (χ4v) is 1.30. The molecule has 2 aliphatic heterocycles. The molecule has 0 aromatic carbocycles. The highest BCUT2D eigenvalue weighted by atomic mass is 16.5. The van der Waals surface area contributed by atoms with E-state index in [4.69, 9.17) is 9.47 Å². The van der Waals surface area contributed by atoms with Crippen molar-refractivity contribution in [3.05, 3.63) is 0 Å². The van der Waals surface area contributed by atoms with Gasteiger partial charge < -0.3 is 9.47 Å². The van der Waals surface area contributed by atoms with Crippen LogP contribution in [0.25, 0.3) is 0 Å². The van der Waals surface area contributed by atoms with Crippen LogP contribution in [0, 0.1) is 11.8 Å². The van der Waals surface area contributed by atoms with Crippen molar-refractivity contribution in [2.24, 2.45) is 11.8 Å². The van der Waals surface area contributed by atoms with Gasteiger partial charge in [0.15, 0.2) is 0 Å². The Morgan fingerprint density at radius 3 is 0.944 bits per heavy atom. The lowest BCUT2D eigenvalue weighted by Crippen LogP contribution is -1.88. The van der Waals surface area contributed by atoms with Gasteiger partial charge in [0.1, 0.15) is 0 Å². The van der Waals surface area contributed by atoms with Gasteiger partial charge in [0, 0.05) is 26.4 Å². The van der Waals surface area contributed by atoms with E-state index in [9.17, 15) is 0 Å². The van der Waals surface area contributed by atoms with Gasteiger partial charge in [-0.05, 0) is 24.7 Å². The average Bonchev–Trinajstić information content (AvgIpc) is 3.11. The summed E-state index contributed by atoms with van der Waals surface area (Å²) in [5.41, 5.74) is 0. The van der Waals surface area contributed by atoms with Crippen molar-refractivity contribution in [1.82, 2.24) is 0 Å². The van der Waals surface area contributed by atoms with Crippen LogP contribution in [0.3, 0.4) is 0 Å². The van der Waals surface area contributed by atoms with Crippen LogP contribution in [0.4, 0.5) is 0 Å². The Labute approximate surface area is 116 Å². The number of hydrogen-bond donors (Lipinski definition) is 0. The first-order chi connectivity index (χ1) is 8.79. The van der Waals surface area contributed by atoms with Crippen molar-refractivity contribution in [2.45, 2.75) is 68.2 Å². The van der Waals surface area contributed by atoms with Crippen molar-refractivity contribution in [3.63, 3.8) is 0 Å². The molecule has 0 amide bonds. The summed E-state index contributed by atoms with van der Waals surface area (Å²) in [7, 11) is 0. The molecule has 0 spiro atoms. The molecule has 2 aliphatic rings. The van der Waals surface area contributed by atoms with Gasteiger partial charge in [0.25, 0.3) is 0 Å². The molecule has 0 saturated carbocycles. The molecule has 2 heteroatoms. The van der Waals surface area contributed by atoms with E-state index >= 15 is 0 Å². The molecule has 114 valence electrons. The summed E-state index contributed by atoms with van der Waals surface area (Å²) in [5, 5.41) is 0. The summed E-state index contributed by atoms with van der Waals surface area (Å²) >= 11 is 0. The third-order valence-corrected chi connectivity index (χ3v) is 2.31. The first-order valence-electron chi connectivity index (χ1n) is 7.94. The lowest BCUT2D eigenvalue weighted by atomic mass is 10.2. The van der Waals surface area contributed by atoms with Gasteiger partial charge in [0.05, 0.1) is 0 Å². The lowest BCUT2D eigenvalue weighted by molar-refractivity contribution is 0.188. The van der Waals surface area contributed by atoms with Crippen LogP contribution in [-0.2, 0) is 9.47 Å². The van der Waals surface area contributed by atoms with Crippen molar-refractivity contribution in [3.8, 4) is 0 Å². The summed E-state index contributed by atoms with van der Waals surface area (Å²) < 4.78 is 10.1. The van der Waals surface area contributed by atoms with Crippen molar-refractivity contribution in [2.75, 3.05) is 26.4 Å². The standard InChI is InChI=1S/2C5H10O.3C2H6/c2*1-5-2-3-6-4-5;3*1-2/h2*5H,2-4H2,1H3;3*1-2H3. The van der Waals surface area contributed by atoms with E-state index < -0.39 is 0 Å². The maximum absolute atomic E-state index is 5.06. The van der Waals surface area contributed by atoms with E-state index in [1.54, 1.807) is 0 Å². The predicted octanol–water partition coefficient (Wildman–Crippen LogP) is 5.16. The van der Waals surface area contributed by atoms with Crippen LogP contribution >= 0.6 is 0 Å². The van der Waals surface area contributed by atoms with E-state index in [2.05, 4.69) is 13.8 Å². The number of rotatable bonds is 0. The quantitative estimate of drug-likeness (QED) is 0.600. The molecule has 2 nitrogen and oxygen atoms in total. The first kappa shape index (κ1) is 23.0. The molecule has 2 fully saturated rings. The SMILES string of the molecule is CC.CC.CC.CC1CCOC1.CC1CCOC1. The largest absolute Gasteiger partial charge is 0.381 e. The topological polar surface area (TPSA) is 18.5 Å². The van der Waals surface area contributed by atoms with E-state index in [-0.39, 0.29) is 0 Å². The Hall–Kier alpha value is -0.0800. The van der Waals surface area contributed by atoms with Gasteiger partial charge >= 0.3 is 0 Å². The predicted molar refractivity (Wildman–Crippen MR) is 83.2 cm³/mol. The molecule has 2 unspecified atom stereocenters. The monoisotopic (exact) mass is 262 g/mol. The Balaban J connectivity index is -0.000000178. The second-order valence-corrected chi connectivity index (χ2v) is 3.94. The lowest BCUT2D eigenvalue weighted by Gasteiger charge is -1.89. The van der Waals surface area contributed by atoms with Gasteiger partial charge in [-0.3, -0.25) is 0 Å². The Morgan fingerprint density at radius 1 is 0.611 bits per heavy atom. The minimum Gasteiger partial charge on any atom is -0.381 e. The highest BCUT2D eigenvalue weighted by Crippen LogP contribution is 2.09. The molecular formula is C16H38O2. The second kappa shape index (κ2) is 22.1. The molecular weight excluding hydrogens is 224 g/mol. The minimum atomic E-state index is 0.824. The maximum atomic E-state index is 5.06. The Bertz CT molecular complexity index is 89.7. The molecule has 0 aliphatic carbocycles. The molecule has 0 radical (unpaired) electrons. The molecule has 2 saturated heterocycles. The van der Waals surface area contributed by atoms with Crippen molar-refractivity contribution in [1.29, 1.82) is 0 Å². The fourth-order valence-electron chi connectivity index (χ4n) is 1.30. The first-order valence-corrected chi connectivity index (χ1v) is 7.94. The highest BCUT2D eigenvalue weighted by molar-refractivity contribution is 4.56. The van der Waals surface area contributed by atoms with Crippen molar-refractivity contribution >= 4 is 0 Å². The van der Waals surface area contributed by atoms with Crippen LogP contribution in [0.5, 0.6) is 0 Å². The fraction of sp³-hybridized carbons (Fsp3) is 1.00. The van der Waals surface area contributed by atoms with Gasteiger partial charge in [-0.2, -0.15) is 0 Å². The van der Waals surface area contributed by atoms with Gasteiger partial charge in [-0.15, -0.1) is 0 Å². The average molecular weight is 262 g/mol. The summed E-state index contributed by atoms with van der Waals surface area (Å²) in [4.78, 5) is 0. The summed E-state index contributed by atoms with van der Waals surface area (Å²) in [6.07, 6.45) is 2.53. The Kier molecular flexibility index (Phi) is 28.3. The smallest absolute Gasteiger partial charge is 0.0492 e. The number of hydrogen-bond acceptors (Lipinski definition) is 2. The summed E-state index contributed by atoms with van der Waals surface area (Å²) in [6.45, 7) is 20.4. The third kappa shape index (κ3) is 18.3. The summed E-state index contributed by atoms with van der Waals surface area (Å²) in [6, 6.07) is 0. The van der Waals surface area contributed by atoms with Gasteiger partial charge in [0.2, 0.25) is 0 Å². The molecule has 0 N–H and O–H groups in total. The normalized spacial score (nSPS) is 24.0. The van der Waals surface area contributed by atoms with Gasteiger partial charge in [-0.1, -0.05) is 55.4 Å². The van der Waals surface area contributed by atoms with E-state index in [1.165, 1.54) is 12.8 Å². The highest BCUT2D eigenvalue weighted by Gasteiger charge is 2.08. The zero-order valence-corrected chi connectivity index (χ0v) is 14.2. The molecule has 2 rings (SSSR count). The molecule has 2 heterocycles. The number of ether oxygens (including phenoxy) is 2. The molecule has 2 atom stereocenters. The van der Waals surface area contributed by atoms with Crippen molar-refractivity contribution < 1.29 is 9.47 Å². The van der Waals surface area contributed by atoms with Crippen LogP contribution < -0.4 is 0 Å². The molecule has 0 aromatic heterocycles. The van der Waals surface area contributed by atoms with E-state index in [1.807, 2.05) is 41.5 Å². The third-order valence-electron chi connectivity index (χ3n) is 2.31. The van der Waals surface area contributed by atoms with Crippen LogP contribution in [0.2, 0.25) is 0 Å². The van der Waals surface area contributed by atoms with E-state index in [0.29, 0.717) is 0 Å².